The number of halogens is 1. The van der Waals surface area contributed by atoms with Gasteiger partial charge in [0.2, 0.25) is 0 Å². The number of anilines is 1. The van der Waals surface area contributed by atoms with E-state index in [1.54, 1.807) is 6.20 Å². The van der Waals surface area contributed by atoms with Gasteiger partial charge in [0.1, 0.15) is 17.6 Å². The normalized spacial score (nSPS) is 18.1. The Morgan fingerprint density at radius 2 is 1.88 bits per heavy atom. The summed E-state index contributed by atoms with van der Waals surface area (Å²) in [6, 6.07) is 23.9. The minimum absolute atomic E-state index is 0.148. The second-order valence-electron chi connectivity index (χ2n) is 8.00. The number of nitrogens with one attached hydrogen (secondary N) is 1. The molecule has 0 amide bonds. The van der Waals surface area contributed by atoms with Crippen LogP contribution in [-0.2, 0) is 0 Å². The number of thiocarbonyl (C=S) groups is 1. The summed E-state index contributed by atoms with van der Waals surface area (Å²) in [4.78, 5) is 6.71. The van der Waals surface area contributed by atoms with Crippen molar-refractivity contribution in [2.24, 2.45) is 0 Å². The van der Waals surface area contributed by atoms with Crippen molar-refractivity contribution >= 4 is 34.6 Å². The maximum Gasteiger partial charge on any atom is 0.174 e. The fraction of sp³-hybridized carbons (Fsp3) is 0.154. The molecule has 1 aliphatic heterocycles. The zero-order chi connectivity index (χ0) is 22.2. The van der Waals surface area contributed by atoms with E-state index >= 15 is 0 Å². The van der Waals surface area contributed by atoms with Gasteiger partial charge >= 0.3 is 0 Å². The van der Waals surface area contributed by atoms with Gasteiger partial charge in [-0.15, -0.1) is 0 Å². The van der Waals surface area contributed by atoms with E-state index in [1.165, 1.54) is 5.56 Å². The summed E-state index contributed by atoms with van der Waals surface area (Å²) >= 11 is 12.1. The van der Waals surface area contributed by atoms with Gasteiger partial charge in [0.15, 0.2) is 5.11 Å². The first-order valence-corrected chi connectivity index (χ1v) is 11.2. The monoisotopic (exact) mass is 459 g/mol. The molecule has 160 valence electrons. The standard InChI is InChI=1S/C26H22ClN3OS/c1-16-6-5-7-19(14-16)30-25(24(29-26(30)32)21-8-3-4-13-28-21)23-12-11-22(31-23)18-10-9-17(2)20(27)15-18/h3-15,24-25H,1-2H3,(H,29,32)/t24-,25+/m0/s1. The quantitative estimate of drug-likeness (QED) is 0.340. The van der Waals surface area contributed by atoms with Gasteiger partial charge in [-0.3, -0.25) is 4.98 Å². The van der Waals surface area contributed by atoms with Crippen LogP contribution in [0.15, 0.2) is 83.4 Å². The second kappa shape index (κ2) is 8.41. The smallest absolute Gasteiger partial charge is 0.174 e. The lowest BCUT2D eigenvalue weighted by Crippen LogP contribution is -2.29. The lowest BCUT2D eigenvalue weighted by atomic mass is 10.0. The molecule has 0 aliphatic carbocycles. The molecule has 0 bridgehead atoms. The molecule has 1 saturated heterocycles. The molecule has 5 rings (SSSR count). The van der Waals surface area contributed by atoms with Gasteiger partial charge in [-0.05, 0) is 79.7 Å². The summed E-state index contributed by atoms with van der Waals surface area (Å²) in [5.41, 5.74) is 5.07. The van der Waals surface area contributed by atoms with Gasteiger partial charge in [0, 0.05) is 22.5 Å². The number of nitrogens with zero attached hydrogens (tertiary/aromatic N) is 2. The van der Waals surface area contributed by atoms with Gasteiger partial charge in [-0.1, -0.05) is 41.9 Å². The Bertz CT molecular complexity index is 1290. The van der Waals surface area contributed by atoms with Crippen LogP contribution in [0, 0.1) is 13.8 Å². The number of benzene rings is 2. The van der Waals surface area contributed by atoms with E-state index in [0.29, 0.717) is 5.11 Å². The molecule has 1 fully saturated rings. The molecule has 0 spiro atoms. The maximum absolute atomic E-state index is 6.40. The molecule has 2 aromatic heterocycles. The molecule has 0 unspecified atom stereocenters. The third-order valence-electron chi connectivity index (χ3n) is 5.75. The Morgan fingerprint density at radius 3 is 2.62 bits per heavy atom. The SMILES string of the molecule is Cc1cccc(N2C(=S)N[C@@H](c3ccccn3)[C@H]2c2ccc(-c3ccc(C)c(Cl)c3)o2)c1. The highest BCUT2D eigenvalue weighted by atomic mass is 35.5. The van der Waals surface area contributed by atoms with E-state index in [-0.39, 0.29) is 12.1 Å². The van der Waals surface area contributed by atoms with Crippen LogP contribution < -0.4 is 10.2 Å². The van der Waals surface area contributed by atoms with Crippen LogP contribution in [0.2, 0.25) is 5.02 Å². The minimum atomic E-state index is -0.186. The van der Waals surface area contributed by atoms with Crippen molar-refractivity contribution in [1.29, 1.82) is 0 Å². The first kappa shape index (κ1) is 20.7. The zero-order valence-electron chi connectivity index (χ0n) is 17.7. The highest BCUT2D eigenvalue weighted by molar-refractivity contribution is 7.80. The van der Waals surface area contributed by atoms with E-state index in [0.717, 1.165) is 39.1 Å². The van der Waals surface area contributed by atoms with E-state index in [1.807, 2.05) is 61.5 Å². The summed E-state index contributed by atoms with van der Waals surface area (Å²) in [6.07, 6.45) is 1.80. The molecule has 2 atom stereocenters. The predicted molar refractivity (Wildman–Crippen MR) is 133 cm³/mol. The van der Waals surface area contributed by atoms with Crippen LogP contribution in [0.4, 0.5) is 5.69 Å². The molecule has 1 N–H and O–H groups in total. The summed E-state index contributed by atoms with van der Waals surface area (Å²) < 4.78 is 6.40. The number of furan rings is 1. The lowest BCUT2D eigenvalue weighted by Gasteiger charge is -2.26. The molecule has 1 aliphatic rings. The van der Waals surface area contributed by atoms with Crippen LogP contribution in [0.5, 0.6) is 0 Å². The molecule has 32 heavy (non-hydrogen) atoms. The molecule has 6 heteroatoms. The predicted octanol–water partition coefficient (Wildman–Crippen LogP) is 6.79. The second-order valence-corrected chi connectivity index (χ2v) is 8.80. The number of aromatic nitrogens is 1. The maximum atomic E-state index is 6.40. The highest BCUT2D eigenvalue weighted by Crippen LogP contribution is 2.43. The Labute approximate surface area is 197 Å². The van der Waals surface area contributed by atoms with Gasteiger partial charge in [-0.2, -0.15) is 0 Å². The third kappa shape index (κ3) is 3.78. The number of hydrogen-bond donors (Lipinski definition) is 1. The van der Waals surface area contributed by atoms with Crippen LogP contribution in [0.25, 0.3) is 11.3 Å². The van der Waals surface area contributed by atoms with Crippen LogP contribution in [0.3, 0.4) is 0 Å². The van der Waals surface area contributed by atoms with E-state index in [4.69, 9.17) is 28.2 Å². The fourth-order valence-corrected chi connectivity index (χ4v) is 4.64. The number of hydrogen-bond acceptors (Lipinski definition) is 3. The Hall–Kier alpha value is -3.15. The lowest BCUT2D eigenvalue weighted by molar-refractivity contribution is 0.439. The third-order valence-corrected chi connectivity index (χ3v) is 6.47. The van der Waals surface area contributed by atoms with E-state index in [2.05, 4.69) is 40.3 Å². The topological polar surface area (TPSA) is 41.3 Å². The van der Waals surface area contributed by atoms with Gasteiger partial charge in [0.05, 0.1) is 11.7 Å². The van der Waals surface area contributed by atoms with Crippen molar-refractivity contribution in [3.8, 4) is 11.3 Å². The largest absolute Gasteiger partial charge is 0.459 e. The van der Waals surface area contributed by atoms with Crippen molar-refractivity contribution in [1.82, 2.24) is 10.3 Å². The Kier molecular flexibility index (Phi) is 5.45. The zero-order valence-corrected chi connectivity index (χ0v) is 19.3. The number of aryl methyl sites for hydroxylation is 2. The van der Waals surface area contributed by atoms with Crippen LogP contribution in [-0.4, -0.2) is 10.1 Å². The van der Waals surface area contributed by atoms with Crippen molar-refractivity contribution < 1.29 is 4.42 Å². The summed E-state index contributed by atoms with van der Waals surface area (Å²) in [7, 11) is 0. The van der Waals surface area contributed by atoms with Gasteiger partial charge in [-0.25, -0.2) is 0 Å². The molecule has 4 aromatic rings. The number of rotatable bonds is 4. The summed E-state index contributed by atoms with van der Waals surface area (Å²) in [5.74, 6) is 1.57. The first-order chi connectivity index (χ1) is 15.5. The minimum Gasteiger partial charge on any atom is -0.459 e. The summed E-state index contributed by atoms with van der Waals surface area (Å²) in [6.45, 7) is 4.06. The average molecular weight is 460 g/mol. The molecule has 4 nitrogen and oxygen atoms in total. The molecule has 2 aromatic carbocycles. The molecular weight excluding hydrogens is 438 g/mol. The molecule has 0 saturated carbocycles. The van der Waals surface area contributed by atoms with Crippen molar-refractivity contribution in [3.05, 3.63) is 107 Å². The Morgan fingerprint density at radius 1 is 1.00 bits per heavy atom. The van der Waals surface area contributed by atoms with Crippen LogP contribution >= 0.6 is 23.8 Å². The molecule has 3 heterocycles. The first-order valence-electron chi connectivity index (χ1n) is 10.4. The molecule has 0 radical (unpaired) electrons. The van der Waals surface area contributed by atoms with Crippen LogP contribution in [0.1, 0.15) is 34.7 Å². The summed E-state index contributed by atoms with van der Waals surface area (Å²) in [5, 5.41) is 4.83. The van der Waals surface area contributed by atoms with Crippen molar-refractivity contribution in [2.45, 2.75) is 25.9 Å². The van der Waals surface area contributed by atoms with Crippen molar-refractivity contribution in [3.63, 3.8) is 0 Å². The van der Waals surface area contributed by atoms with E-state index < -0.39 is 0 Å². The molecular formula is C26H22ClN3OS. The Balaban J connectivity index is 1.60. The average Bonchev–Trinajstić information content (AvgIpc) is 3.41. The van der Waals surface area contributed by atoms with Crippen molar-refractivity contribution in [2.75, 3.05) is 4.90 Å². The fourth-order valence-electron chi connectivity index (χ4n) is 4.11. The highest BCUT2D eigenvalue weighted by Gasteiger charge is 2.42. The number of pyridine rings is 1. The van der Waals surface area contributed by atoms with E-state index in [9.17, 15) is 0 Å². The van der Waals surface area contributed by atoms with Gasteiger partial charge in [0.25, 0.3) is 0 Å². The van der Waals surface area contributed by atoms with Gasteiger partial charge < -0.3 is 14.6 Å².